The maximum atomic E-state index is 13.3. The molecule has 130 valence electrons. The highest BCUT2D eigenvalue weighted by molar-refractivity contribution is 5.52. The number of rotatable bonds is 4. The van der Waals surface area contributed by atoms with Gasteiger partial charge in [0.1, 0.15) is 0 Å². The summed E-state index contributed by atoms with van der Waals surface area (Å²) in [5.74, 6) is 0. The molecule has 0 unspecified atom stereocenters. The fourth-order valence-electron chi connectivity index (χ4n) is 3.18. The number of nitriles is 1. The third kappa shape index (κ3) is 3.94. The molecule has 1 saturated heterocycles. The summed E-state index contributed by atoms with van der Waals surface area (Å²) < 4.78 is 39.9. The second-order valence-corrected chi connectivity index (χ2v) is 6.09. The molecule has 25 heavy (non-hydrogen) atoms. The van der Waals surface area contributed by atoms with E-state index in [0.29, 0.717) is 5.56 Å². The highest BCUT2D eigenvalue weighted by Crippen LogP contribution is 2.33. The molecule has 1 atom stereocenters. The summed E-state index contributed by atoms with van der Waals surface area (Å²) in [6, 6.07) is 14.9. The molecule has 1 N–H and O–H groups in total. The first-order chi connectivity index (χ1) is 12.0. The quantitative estimate of drug-likeness (QED) is 0.912. The highest BCUT2D eigenvalue weighted by Gasteiger charge is 2.34. The van der Waals surface area contributed by atoms with Gasteiger partial charge in [0, 0.05) is 24.8 Å². The van der Waals surface area contributed by atoms with Crippen molar-refractivity contribution in [2.75, 3.05) is 18.0 Å². The Hall–Kier alpha value is -2.52. The second kappa shape index (κ2) is 7.16. The van der Waals surface area contributed by atoms with Gasteiger partial charge in [-0.05, 0) is 48.9 Å². The molecule has 0 radical (unpaired) electrons. The number of alkyl halides is 3. The molecule has 0 saturated carbocycles. The van der Waals surface area contributed by atoms with Gasteiger partial charge in [0.05, 0.1) is 17.2 Å². The van der Waals surface area contributed by atoms with Crippen molar-refractivity contribution in [3.05, 3.63) is 65.2 Å². The summed E-state index contributed by atoms with van der Waals surface area (Å²) in [7, 11) is 0. The van der Waals surface area contributed by atoms with Crippen LogP contribution in [-0.2, 0) is 12.7 Å². The number of nitrogens with zero attached hydrogens (tertiary/aromatic N) is 2. The Morgan fingerprint density at radius 1 is 1.12 bits per heavy atom. The number of hydrogen-bond donors (Lipinski definition) is 1. The van der Waals surface area contributed by atoms with Crippen LogP contribution in [0.5, 0.6) is 0 Å². The van der Waals surface area contributed by atoms with Crippen molar-refractivity contribution in [3.8, 4) is 6.07 Å². The van der Waals surface area contributed by atoms with Gasteiger partial charge in [-0.25, -0.2) is 0 Å². The summed E-state index contributed by atoms with van der Waals surface area (Å²) in [5.41, 5.74) is 1.01. The first kappa shape index (κ1) is 17.3. The molecule has 0 bridgehead atoms. The van der Waals surface area contributed by atoms with Crippen LogP contribution in [0.25, 0.3) is 0 Å². The van der Waals surface area contributed by atoms with E-state index in [4.69, 9.17) is 5.26 Å². The molecule has 0 aliphatic carbocycles. The fraction of sp³-hybridized carbons (Fsp3) is 0.316. The van der Waals surface area contributed by atoms with Crippen molar-refractivity contribution in [2.24, 2.45) is 0 Å². The third-order valence-corrected chi connectivity index (χ3v) is 4.47. The van der Waals surface area contributed by atoms with E-state index in [-0.39, 0.29) is 18.2 Å². The summed E-state index contributed by atoms with van der Waals surface area (Å²) in [6.45, 7) is 1.75. The van der Waals surface area contributed by atoms with Gasteiger partial charge in [-0.2, -0.15) is 18.4 Å². The van der Waals surface area contributed by atoms with E-state index in [1.807, 2.05) is 4.90 Å². The highest BCUT2D eigenvalue weighted by atomic mass is 19.4. The van der Waals surface area contributed by atoms with Crippen LogP contribution in [0.15, 0.2) is 48.5 Å². The van der Waals surface area contributed by atoms with Crippen molar-refractivity contribution in [2.45, 2.75) is 25.2 Å². The van der Waals surface area contributed by atoms with E-state index < -0.39 is 11.7 Å². The zero-order valence-corrected chi connectivity index (χ0v) is 13.6. The molecule has 2 aromatic rings. The summed E-state index contributed by atoms with van der Waals surface area (Å²) in [4.78, 5) is 1.99. The van der Waals surface area contributed by atoms with Crippen LogP contribution in [0.3, 0.4) is 0 Å². The first-order valence-corrected chi connectivity index (χ1v) is 8.11. The molecule has 0 spiro atoms. The monoisotopic (exact) mass is 345 g/mol. The first-order valence-electron chi connectivity index (χ1n) is 8.11. The predicted octanol–water partition coefficient (Wildman–Crippen LogP) is 3.95. The van der Waals surface area contributed by atoms with Gasteiger partial charge in [0.15, 0.2) is 0 Å². The van der Waals surface area contributed by atoms with Gasteiger partial charge in [0.2, 0.25) is 0 Å². The molecular formula is C19H18F3N3. The topological polar surface area (TPSA) is 39.1 Å². The van der Waals surface area contributed by atoms with E-state index in [2.05, 4.69) is 11.4 Å². The Morgan fingerprint density at radius 2 is 1.84 bits per heavy atom. The van der Waals surface area contributed by atoms with Gasteiger partial charge in [0.25, 0.3) is 0 Å². The number of benzene rings is 2. The lowest BCUT2D eigenvalue weighted by atomic mass is 10.0. The maximum absolute atomic E-state index is 13.3. The van der Waals surface area contributed by atoms with Gasteiger partial charge < -0.3 is 10.2 Å². The Labute approximate surface area is 144 Å². The van der Waals surface area contributed by atoms with Crippen LogP contribution < -0.4 is 10.2 Å². The molecule has 0 amide bonds. The van der Waals surface area contributed by atoms with Crippen LogP contribution in [0.1, 0.15) is 23.1 Å². The van der Waals surface area contributed by atoms with E-state index >= 15 is 0 Å². The predicted molar refractivity (Wildman–Crippen MR) is 90.1 cm³/mol. The van der Waals surface area contributed by atoms with Crippen LogP contribution in [-0.4, -0.2) is 19.1 Å². The van der Waals surface area contributed by atoms with Gasteiger partial charge >= 0.3 is 6.18 Å². The molecule has 2 aromatic carbocycles. The van der Waals surface area contributed by atoms with Gasteiger partial charge in [-0.3, -0.25) is 0 Å². The van der Waals surface area contributed by atoms with Crippen molar-refractivity contribution in [1.82, 2.24) is 5.32 Å². The van der Waals surface area contributed by atoms with Crippen molar-refractivity contribution < 1.29 is 13.2 Å². The maximum Gasteiger partial charge on any atom is 0.416 e. The average Bonchev–Trinajstić information content (AvgIpc) is 3.13. The zero-order chi connectivity index (χ0) is 17.9. The minimum absolute atomic E-state index is 0.120. The third-order valence-electron chi connectivity index (χ3n) is 4.47. The van der Waals surface area contributed by atoms with Crippen LogP contribution in [0.2, 0.25) is 0 Å². The minimum atomic E-state index is -4.37. The van der Waals surface area contributed by atoms with E-state index in [9.17, 15) is 13.2 Å². The van der Waals surface area contributed by atoms with Crippen molar-refractivity contribution in [3.63, 3.8) is 0 Å². The van der Waals surface area contributed by atoms with Gasteiger partial charge in [-0.15, -0.1) is 0 Å². The van der Waals surface area contributed by atoms with Crippen molar-refractivity contribution in [1.29, 1.82) is 5.26 Å². The minimum Gasteiger partial charge on any atom is -0.363 e. The molecule has 1 heterocycles. The smallest absolute Gasteiger partial charge is 0.363 e. The normalized spacial score (nSPS) is 17.3. The Balaban J connectivity index is 1.95. The number of nitrogens with one attached hydrogen (secondary N) is 1. The summed E-state index contributed by atoms with van der Waals surface area (Å²) in [5, 5.41) is 12.2. The summed E-state index contributed by atoms with van der Waals surface area (Å²) >= 11 is 0. The molecule has 1 fully saturated rings. The van der Waals surface area contributed by atoms with Crippen LogP contribution in [0, 0.1) is 11.3 Å². The van der Waals surface area contributed by atoms with Crippen molar-refractivity contribution >= 4 is 5.69 Å². The Kier molecular flexibility index (Phi) is 4.95. The number of anilines is 1. The Morgan fingerprint density at radius 3 is 2.44 bits per heavy atom. The van der Waals surface area contributed by atoms with E-state index in [1.54, 1.807) is 30.3 Å². The van der Waals surface area contributed by atoms with E-state index in [1.165, 1.54) is 12.1 Å². The average molecular weight is 345 g/mol. The molecule has 1 aliphatic rings. The Bertz CT molecular complexity index is 757. The zero-order valence-electron chi connectivity index (χ0n) is 13.6. The molecule has 3 rings (SSSR count). The van der Waals surface area contributed by atoms with Crippen LogP contribution >= 0.6 is 0 Å². The van der Waals surface area contributed by atoms with Crippen LogP contribution in [0.4, 0.5) is 18.9 Å². The van der Waals surface area contributed by atoms with E-state index in [0.717, 1.165) is 31.3 Å². The lowest BCUT2D eigenvalue weighted by Gasteiger charge is -2.32. The number of halogens is 3. The number of hydrogen-bond acceptors (Lipinski definition) is 3. The lowest BCUT2D eigenvalue weighted by molar-refractivity contribution is -0.138. The lowest BCUT2D eigenvalue weighted by Crippen LogP contribution is -2.37. The fourth-order valence-corrected chi connectivity index (χ4v) is 3.18. The second-order valence-electron chi connectivity index (χ2n) is 6.09. The molecular weight excluding hydrogens is 327 g/mol. The SMILES string of the molecule is N#Cc1ccc(N(Cc2ccccc2C(F)(F)F)[C@H]2CCNC2)cc1. The van der Waals surface area contributed by atoms with Gasteiger partial charge in [-0.1, -0.05) is 18.2 Å². The largest absolute Gasteiger partial charge is 0.416 e. The molecule has 0 aromatic heterocycles. The molecule has 1 aliphatic heterocycles. The molecule has 3 nitrogen and oxygen atoms in total. The molecule has 6 heteroatoms. The standard InChI is InChI=1S/C19H18F3N3/c20-19(21,22)18-4-2-1-3-15(18)13-25(17-9-10-24-12-17)16-7-5-14(11-23)6-8-16/h1-8,17,24H,9-10,12-13H2/t17-/m0/s1. The summed E-state index contributed by atoms with van der Waals surface area (Å²) in [6.07, 6.45) is -3.50.